The van der Waals surface area contributed by atoms with Crippen molar-refractivity contribution < 1.29 is 18.3 Å². The van der Waals surface area contributed by atoms with Crippen molar-refractivity contribution in [2.45, 2.75) is 65.1 Å². The van der Waals surface area contributed by atoms with E-state index >= 15 is 0 Å². The van der Waals surface area contributed by atoms with Crippen LogP contribution in [0, 0.1) is 6.92 Å². The molecule has 0 aliphatic rings. The van der Waals surface area contributed by atoms with Gasteiger partial charge in [-0.15, -0.1) is 0 Å². The molecule has 0 aliphatic heterocycles. The number of carbonyl (C=O) groups excluding carboxylic acids is 1. The maximum Gasteiger partial charge on any atom is 0.221 e. The molecule has 3 N–H and O–H groups in total. The first kappa shape index (κ1) is 29.0. The molecule has 2 aromatic rings. The Kier molecular flexibility index (Phi) is 12.4. The summed E-state index contributed by atoms with van der Waals surface area (Å²) in [6.45, 7) is 7.69. The van der Waals surface area contributed by atoms with Crippen LogP contribution in [-0.4, -0.2) is 61.3 Å². The molecule has 8 heteroatoms. The van der Waals surface area contributed by atoms with Crippen molar-refractivity contribution in [1.82, 2.24) is 14.9 Å². The molecule has 0 fully saturated rings. The van der Waals surface area contributed by atoms with Crippen molar-refractivity contribution in [3.05, 3.63) is 71.3 Å². The highest BCUT2D eigenvalue weighted by molar-refractivity contribution is 7.89. The van der Waals surface area contributed by atoms with E-state index in [0.29, 0.717) is 32.6 Å². The van der Waals surface area contributed by atoms with Crippen molar-refractivity contribution in [2.75, 3.05) is 25.4 Å². The van der Waals surface area contributed by atoms with Crippen molar-refractivity contribution >= 4 is 15.9 Å². The largest absolute Gasteiger partial charge is 0.390 e. The van der Waals surface area contributed by atoms with Gasteiger partial charge in [0.25, 0.3) is 0 Å². The van der Waals surface area contributed by atoms with Gasteiger partial charge in [-0.3, -0.25) is 4.79 Å². The molecule has 0 spiro atoms. The Labute approximate surface area is 211 Å². The van der Waals surface area contributed by atoms with Crippen LogP contribution >= 0.6 is 0 Å². The normalized spacial score (nSPS) is 13.5. The molecule has 35 heavy (non-hydrogen) atoms. The van der Waals surface area contributed by atoms with Crippen LogP contribution in [0.3, 0.4) is 0 Å². The number of aryl methyl sites for hydroxylation is 1. The van der Waals surface area contributed by atoms with Crippen molar-refractivity contribution in [3.63, 3.8) is 0 Å². The summed E-state index contributed by atoms with van der Waals surface area (Å²) in [5.74, 6) is -0.612. The van der Waals surface area contributed by atoms with Gasteiger partial charge in [-0.2, -0.15) is 0 Å². The predicted molar refractivity (Wildman–Crippen MR) is 142 cm³/mol. The average molecular weight is 504 g/mol. The van der Waals surface area contributed by atoms with E-state index in [4.69, 9.17) is 0 Å². The number of sulfonamides is 1. The van der Waals surface area contributed by atoms with Gasteiger partial charge in [-0.25, -0.2) is 12.7 Å². The highest BCUT2D eigenvalue weighted by Gasteiger charge is 2.25. The maximum atomic E-state index is 12.8. The van der Waals surface area contributed by atoms with Gasteiger partial charge in [0.2, 0.25) is 15.9 Å². The highest BCUT2D eigenvalue weighted by Crippen LogP contribution is 2.11. The third kappa shape index (κ3) is 10.5. The SMILES string of the molecule is CCCN(CCC)S(=O)(=O)CCC(=O)N[C@@H](Cc1cccc(C)c1)[C@@H](O)CNCc1ccccc1. The predicted octanol–water partition coefficient (Wildman–Crippen LogP) is 3.01. The molecule has 0 saturated carbocycles. The Hall–Kier alpha value is -2.26. The molecule has 2 aromatic carbocycles. The van der Waals surface area contributed by atoms with E-state index in [9.17, 15) is 18.3 Å². The molecule has 0 radical (unpaired) electrons. The average Bonchev–Trinajstić information content (AvgIpc) is 2.83. The van der Waals surface area contributed by atoms with Gasteiger partial charge in [0.05, 0.1) is 17.9 Å². The van der Waals surface area contributed by atoms with Crippen LogP contribution in [0.25, 0.3) is 0 Å². The van der Waals surface area contributed by atoms with E-state index in [-0.39, 0.29) is 18.1 Å². The number of aliphatic hydroxyl groups is 1. The van der Waals surface area contributed by atoms with Gasteiger partial charge >= 0.3 is 0 Å². The first-order valence-electron chi connectivity index (χ1n) is 12.5. The Bertz CT molecular complexity index is 992. The molecule has 0 aromatic heterocycles. The lowest BCUT2D eigenvalue weighted by molar-refractivity contribution is -0.122. The van der Waals surface area contributed by atoms with Crippen LogP contribution in [0.15, 0.2) is 54.6 Å². The summed E-state index contributed by atoms with van der Waals surface area (Å²) < 4.78 is 26.9. The summed E-state index contributed by atoms with van der Waals surface area (Å²) in [5.41, 5.74) is 3.21. The number of hydrogen-bond acceptors (Lipinski definition) is 5. The lowest BCUT2D eigenvalue weighted by Gasteiger charge is -2.25. The molecular weight excluding hydrogens is 462 g/mol. The Morgan fingerprint density at radius 3 is 2.29 bits per heavy atom. The van der Waals surface area contributed by atoms with E-state index in [1.54, 1.807) is 0 Å². The lowest BCUT2D eigenvalue weighted by Crippen LogP contribution is -2.49. The third-order valence-corrected chi connectivity index (χ3v) is 7.67. The van der Waals surface area contributed by atoms with E-state index in [0.717, 1.165) is 29.5 Å². The Morgan fingerprint density at radius 2 is 1.66 bits per heavy atom. The van der Waals surface area contributed by atoms with Gasteiger partial charge in [-0.05, 0) is 37.3 Å². The van der Waals surface area contributed by atoms with Crippen molar-refractivity contribution in [1.29, 1.82) is 0 Å². The second-order valence-corrected chi connectivity index (χ2v) is 11.1. The number of carbonyl (C=O) groups is 1. The van der Waals surface area contributed by atoms with Crippen LogP contribution in [0.2, 0.25) is 0 Å². The van der Waals surface area contributed by atoms with E-state index in [1.807, 2.05) is 75.4 Å². The fourth-order valence-electron chi connectivity index (χ4n) is 4.00. The topological polar surface area (TPSA) is 98.7 Å². The first-order chi connectivity index (χ1) is 16.7. The Morgan fingerprint density at radius 1 is 1.00 bits per heavy atom. The van der Waals surface area contributed by atoms with Gasteiger partial charge in [0, 0.05) is 32.6 Å². The molecule has 1 amide bonds. The molecule has 0 aliphatic carbocycles. The minimum atomic E-state index is -3.51. The number of aliphatic hydroxyl groups excluding tert-OH is 1. The molecule has 0 heterocycles. The monoisotopic (exact) mass is 503 g/mol. The minimum absolute atomic E-state index is 0.138. The van der Waals surface area contributed by atoms with Gasteiger partial charge in [0.15, 0.2) is 0 Å². The maximum absolute atomic E-state index is 12.8. The lowest BCUT2D eigenvalue weighted by atomic mass is 9.99. The first-order valence-corrected chi connectivity index (χ1v) is 14.1. The standard InChI is InChI=1S/C27H41N3O4S/c1-4-15-30(16-5-2)35(33,34)17-14-27(32)29-25(19-24-13-9-10-22(3)18-24)26(31)21-28-20-23-11-7-6-8-12-23/h6-13,18,25-26,28,31H,4-5,14-17,19-21H2,1-3H3,(H,29,32)/t25-,26-/m0/s1. The van der Waals surface area contributed by atoms with E-state index in [1.165, 1.54) is 4.31 Å². The summed E-state index contributed by atoms with van der Waals surface area (Å²) in [6.07, 6.45) is 0.932. The summed E-state index contributed by atoms with van der Waals surface area (Å²) in [4.78, 5) is 12.8. The molecular formula is C27H41N3O4S. The van der Waals surface area contributed by atoms with Crippen LogP contribution in [0.1, 0.15) is 49.8 Å². The molecule has 0 saturated heterocycles. The van der Waals surface area contributed by atoms with Crippen LogP contribution in [0.4, 0.5) is 0 Å². The number of nitrogens with zero attached hydrogens (tertiary/aromatic N) is 1. The second-order valence-electron chi connectivity index (χ2n) is 9.02. The minimum Gasteiger partial charge on any atom is -0.390 e. The zero-order valence-electron chi connectivity index (χ0n) is 21.2. The summed E-state index contributed by atoms with van der Waals surface area (Å²) in [7, 11) is -3.51. The van der Waals surface area contributed by atoms with Crippen LogP contribution in [-0.2, 0) is 27.8 Å². The smallest absolute Gasteiger partial charge is 0.221 e. The fourth-order valence-corrected chi connectivity index (χ4v) is 5.62. The third-order valence-electron chi connectivity index (χ3n) is 5.80. The summed E-state index contributed by atoms with van der Waals surface area (Å²) in [5, 5.41) is 17.1. The van der Waals surface area contributed by atoms with Crippen LogP contribution in [0.5, 0.6) is 0 Å². The number of amides is 1. The molecule has 0 unspecified atom stereocenters. The number of nitrogens with one attached hydrogen (secondary N) is 2. The molecule has 194 valence electrons. The molecule has 0 bridgehead atoms. The Balaban J connectivity index is 2.01. The van der Waals surface area contributed by atoms with Gasteiger partial charge in [-0.1, -0.05) is 74.0 Å². The van der Waals surface area contributed by atoms with E-state index < -0.39 is 22.2 Å². The fraction of sp³-hybridized carbons (Fsp3) is 0.519. The zero-order chi connectivity index (χ0) is 25.7. The van der Waals surface area contributed by atoms with Crippen molar-refractivity contribution in [3.8, 4) is 0 Å². The van der Waals surface area contributed by atoms with E-state index in [2.05, 4.69) is 10.6 Å². The summed E-state index contributed by atoms with van der Waals surface area (Å²) >= 11 is 0. The quantitative estimate of drug-likeness (QED) is 0.327. The van der Waals surface area contributed by atoms with Crippen molar-refractivity contribution in [2.24, 2.45) is 0 Å². The van der Waals surface area contributed by atoms with Gasteiger partial charge in [0.1, 0.15) is 0 Å². The van der Waals surface area contributed by atoms with Crippen LogP contribution < -0.4 is 10.6 Å². The number of benzene rings is 2. The second kappa shape index (κ2) is 15.0. The molecule has 2 atom stereocenters. The molecule has 2 rings (SSSR count). The zero-order valence-corrected chi connectivity index (χ0v) is 22.1. The number of hydrogen-bond donors (Lipinski definition) is 3. The number of rotatable bonds is 16. The highest BCUT2D eigenvalue weighted by atomic mass is 32.2. The molecule has 7 nitrogen and oxygen atoms in total. The summed E-state index contributed by atoms with van der Waals surface area (Å²) in [6, 6.07) is 17.3. The van der Waals surface area contributed by atoms with Gasteiger partial charge < -0.3 is 15.7 Å².